The molecule has 0 fully saturated rings. The summed E-state index contributed by atoms with van der Waals surface area (Å²) < 4.78 is 18.4. The van der Waals surface area contributed by atoms with Crippen molar-refractivity contribution in [3.8, 4) is 11.5 Å². The zero-order valence-corrected chi connectivity index (χ0v) is 18.4. The molecule has 0 amide bonds. The molecule has 7 nitrogen and oxygen atoms in total. The van der Waals surface area contributed by atoms with Crippen LogP contribution >= 0.6 is 22.7 Å². The van der Waals surface area contributed by atoms with E-state index in [2.05, 4.69) is 4.99 Å². The highest BCUT2D eigenvalue weighted by molar-refractivity contribution is 7.11. The van der Waals surface area contributed by atoms with Crippen LogP contribution in [0.1, 0.15) is 30.3 Å². The van der Waals surface area contributed by atoms with Crippen LogP contribution in [0, 0.1) is 0 Å². The Labute approximate surface area is 185 Å². The summed E-state index contributed by atoms with van der Waals surface area (Å²) in [4.78, 5) is 32.4. The number of ether oxygens (including phenoxy) is 3. The molecule has 9 heteroatoms. The highest BCUT2D eigenvalue weighted by atomic mass is 32.1. The molecule has 0 saturated carbocycles. The normalized spacial score (nSPS) is 17.5. The first kappa shape index (κ1) is 19.8. The molecule has 0 N–H and O–H groups in total. The molecule has 158 valence electrons. The summed E-state index contributed by atoms with van der Waals surface area (Å²) >= 11 is 2.86. The third-order valence-corrected chi connectivity index (χ3v) is 6.85. The zero-order chi connectivity index (χ0) is 21.5. The van der Waals surface area contributed by atoms with E-state index in [1.165, 1.54) is 11.3 Å². The Morgan fingerprint density at radius 2 is 2.16 bits per heavy atom. The number of aromatic nitrogens is 1. The number of hydrogen-bond acceptors (Lipinski definition) is 8. The average Bonchev–Trinajstić information content (AvgIpc) is 3.48. The molecule has 1 aromatic carbocycles. The van der Waals surface area contributed by atoms with Gasteiger partial charge in [0.1, 0.15) is 0 Å². The molecular formula is C22H18N2O5S2. The predicted molar refractivity (Wildman–Crippen MR) is 117 cm³/mol. The number of carbonyl (C=O) groups excluding carboxylic acids is 1. The van der Waals surface area contributed by atoms with Crippen LogP contribution in [-0.4, -0.2) is 23.9 Å². The van der Waals surface area contributed by atoms with E-state index in [0.717, 1.165) is 10.4 Å². The largest absolute Gasteiger partial charge is 0.463 e. The summed E-state index contributed by atoms with van der Waals surface area (Å²) in [6.45, 7) is 3.89. The van der Waals surface area contributed by atoms with Gasteiger partial charge in [0.15, 0.2) is 16.3 Å². The number of esters is 1. The van der Waals surface area contributed by atoms with Crippen LogP contribution in [-0.2, 0) is 9.53 Å². The van der Waals surface area contributed by atoms with Crippen molar-refractivity contribution >= 4 is 34.7 Å². The lowest BCUT2D eigenvalue weighted by atomic mass is 9.95. The fourth-order valence-corrected chi connectivity index (χ4v) is 5.46. The number of carbonyl (C=O) groups is 1. The van der Waals surface area contributed by atoms with E-state index in [4.69, 9.17) is 14.2 Å². The van der Waals surface area contributed by atoms with E-state index in [-0.39, 0.29) is 19.0 Å². The van der Waals surface area contributed by atoms with Crippen molar-refractivity contribution in [2.45, 2.75) is 19.9 Å². The Kier molecular flexibility index (Phi) is 4.99. The Bertz CT molecular complexity index is 1380. The van der Waals surface area contributed by atoms with E-state index in [9.17, 15) is 9.59 Å². The summed E-state index contributed by atoms with van der Waals surface area (Å²) in [6.07, 6.45) is 1.86. The van der Waals surface area contributed by atoms with Crippen molar-refractivity contribution in [3.63, 3.8) is 0 Å². The first-order chi connectivity index (χ1) is 15.1. The van der Waals surface area contributed by atoms with Crippen molar-refractivity contribution in [1.82, 2.24) is 4.57 Å². The van der Waals surface area contributed by atoms with Gasteiger partial charge in [0.05, 0.1) is 28.5 Å². The van der Waals surface area contributed by atoms with Gasteiger partial charge in [0.25, 0.3) is 5.56 Å². The highest BCUT2D eigenvalue weighted by Crippen LogP contribution is 2.38. The average molecular weight is 455 g/mol. The Morgan fingerprint density at radius 3 is 2.94 bits per heavy atom. The summed E-state index contributed by atoms with van der Waals surface area (Å²) in [5, 5.41) is 1.96. The molecule has 0 saturated heterocycles. The zero-order valence-electron chi connectivity index (χ0n) is 16.8. The first-order valence-electron chi connectivity index (χ1n) is 9.69. The maximum Gasteiger partial charge on any atom is 0.338 e. The molecule has 5 rings (SSSR count). The minimum absolute atomic E-state index is 0.141. The number of hydrogen-bond donors (Lipinski definition) is 0. The van der Waals surface area contributed by atoms with Gasteiger partial charge in [-0.1, -0.05) is 23.5 Å². The standard InChI is InChI=1S/C22H18N2O5S2/c1-3-27-21(26)18-12(2)23-22-24(20(25)17(31-22)10-14-5-4-8-30-14)19(18)13-6-7-15-16(9-13)29-11-28-15/h4-10,19H,3,11H2,1-2H3/b17-10-. The molecule has 1 unspecified atom stereocenters. The van der Waals surface area contributed by atoms with Crippen LogP contribution in [0.3, 0.4) is 0 Å². The summed E-state index contributed by atoms with van der Waals surface area (Å²) in [5.41, 5.74) is 1.40. The molecule has 0 radical (unpaired) electrons. The monoisotopic (exact) mass is 454 g/mol. The minimum atomic E-state index is -0.671. The smallest absolute Gasteiger partial charge is 0.338 e. The third-order valence-electron chi connectivity index (χ3n) is 5.05. The van der Waals surface area contributed by atoms with Crippen molar-refractivity contribution in [3.05, 3.63) is 77.1 Å². The molecule has 4 heterocycles. The number of thiophene rings is 1. The van der Waals surface area contributed by atoms with E-state index < -0.39 is 12.0 Å². The second-order valence-electron chi connectivity index (χ2n) is 6.93. The van der Waals surface area contributed by atoms with E-state index in [1.807, 2.05) is 29.7 Å². The van der Waals surface area contributed by atoms with Gasteiger partial charge in [-0.2, -0.15) is 0 Å². The number of thiazole rings is 1. The Morgan fingerprint density at radius 1 is 1.32 bits per heavy atom. The molecule has 3 aromatic rings. The second-order valence-corrected chi connectivity index (χ2v) is 8.92. The van der Waals surface area contributed by atoms with Gasteiger partial charge in [-0.25, -0.2) is 9.79 Å². The second kappa shape index (κ2) is 7.82. The molecule has 2 aliphatic rings. The molecule has 0 spiro atoms. The van der Waals surface area contributed by atoms with Crippen molar-refractivity contribution in [2.75, 3.05) is 13.4 Å². The number of allylic oxidation sites excluding steroid dienone is 1. The highest BCUT2D eigenvalue weighted by Gasteiger charge is 2.34. The summed E-state index contributed by atoms with van der Waals surface area (Å²) in [5.74, 6) is 0.724. The summed E-state index contributed by atoms with van der Waals surface area (Å²) in [7, 11) is 0. The topological polar surface area (TPSA) is 79.1 Å². The molecule has 0 aliphatic carbocycles. The maximum absolute atomic E-state index is 13.4. The Hall–Kier alpha value is -3.17. The van der Waals surface area contributed by atoms with Gasteiger partial charge < -0.3 is 14.2 Å². The van der Waals surface area contributed by atoms with Crippen LogP contribution in [0.4, 0.5) is 0 Å². The lowest BCUT2D eigenvalue weighted by Crippen LogP contribution is -2.39. The van der Waals surface area contributed by atoms with Gasteiger partial charge in [0.2, 0.25) is 6.79 Å². The quantitative estimate of drug-likeness (QED) is 0.567. The minimum Gasteiger partial charge on any atom is -0.463 e. The molecular weight excluding hydrogens is 436 g/mol. The van der Waals surface area contributed by atoms with Crippen LogP contribution in [0.25, 0.3) is 6.08 Å². The van der Waals surface area contributed by atoms with Crippen molar-refractivity contribution in [2.24, 2.45) is 4.99 Å². The van der Waals surface area contributed by atoms with E-state index in [0.29, 0.717) is 32.1 Å². The van der Waals surface area contributed by atoms with Gasteiger partial charge >= 0.3 is 5.97 Å². The fourth-order valence-electron chi connectivity index (χ4n) is 3.69. The van der Waals surface area contributed by atoms with Gasteiger partial charge in [-0.05, 0) is 49.1 Å². The summed E-state index contributed by atoms with van der Waals surface area (Å²) in [6, 6.07) is 8.65. The van der Waals surface area contributed by atoms with E-state index in [1.54, 1.807) is 41.9 Å². The number of rotatable bonds is 4. The van der Waals surface area contributed by atoms with Gasteiger partial charge in [-0.3, -0.25) is 9.36 Å². The Balaban J connectivity index is 1.74. The van der Waals surface area contributed by atoms with Crippen LogP contribution in [0.15, 0.2) is 56.8 Å². The lowest BCUT2D eigenvalue weighted by Gasteiger charge is -2.24. The SMILES string of the molecule is CCOC(=O)C1=C(C)N=c2s/c(=C\c3cccs3)c(=O)n2C1c1ccc2c(c1)OCO2. The van der Waals surface area contributed by atoms with Crippen molar-refractivity contribution < 1.29 is 19.0 Å². The van der Waals surface area contributed by atoms with Gasteiger partial charge in [0, 0.05) is 4.88 Å². The van der Waals surface area contributed by atoms with Crippen molar-refractivity contribution in [1.29, 1.82) is 0 Å². The third kappa shape index (κ3) is 3.39. The van der Waals surface area contributed by atoms with Crippen LogP contribution in [0.5, 0.6) is 11.5 Å². The molecule has 31 heavy (non-hydrogen) atoms. The fraction of sp³-hybridized carbons (Fsp3) is 0.227. The number of benzene rings is 1. The lowest BCUT2D eigenvalue weighted by molar-refractivity contribution is -0.139. The molecule has 2 aromatic heterocycles. The molecule has 0 bridgehead atoms. The maximum atomic E-state index is 13.4. The number of fused-ring (bicyclic) bond motifs is 2. The molecule has 2 aliphatic heterocycles. The molecule has 1 atom stereocenters. The van der Waals surface area contributed by atoms with Gasteiger partial charge in [-0.15, -0.1) is 11.3 Å². The van der Waals surface area contributed by atoms with E-state index >= 15 is 0 Å². The van der Waals surface area contributed by atoms with Crippen LogP contribution < -0.4 is 24.4 Å². The predicted octanol–water partition coefficient (Wildman–Crippen LogP) is 2.59. The number of nitrogens with zero attached hydrogens (tertiary/aromatic N) is 2. The first-order valence-corrected chi connectivity index (χ1v) is 11.4. The van der Waals surface area contributed by atoms with Crippen LogP contribution in [0.2, 0.25) is 0 Å².